The van der Waals surface area contributed by atoms with E-state index in [4.69, 9.17) is 9.47 Å². The number of anilines is 1. The Kier molecular flexibility index (Phi) is 9.94. The lowest BCUT2D eigenvalue weighted by Crippen LogP contribution is -2.51. The van der Waals surface area contributed by atoms with E-state index in [9.17, 15) is 13.5 Å². The highest BCUT2D eigenvalue weighted by Gasteiger charge is 2.39. The lowest BCUT2D eigenvalue weighted by atomic mass is 9.90. The number of aliphatic hydroxyl groups excluding tert-OH is 1. The first kappa shape index (κ1) is 31.4. The maximum atomic E-state index is 12.8. The molecule has 2 fully saturated rings. The molecule has 0 saturated carbocycles. The first-order chi connectivity index (χ1) is 21.9. The molecular formula is C36H41N3O5S. The third kappa shape index (κ3) is 7.81. The monoisotopic (exact) mass is 627 g/mol. The Hall–Kier alpha value is -3.57. The van der Waals surface area contributed by atoms with Crippen LogP contribution in [0.15, 0.2) is 114 Å². The molecule has 2 heterocycles. The van der Waals surface area contributed by atoms with Gasteiger partial charge in [-0.25, -0.2) is 8.42 Å². The molecule has 0 bridgehead atoms. The molecule has 0 spiro atoms. The van der Waals surface area contributed by atoms with Crippen molar-refractivity contribution in [2.24, 2.45) is 5.92 Å². The Balaban J connectivity index is 1.16. The summed E-state index contributed by atoms with van der Waals surface area (Å²) in [6.45, 7) is 7.87. The van der Waals surface area contributed by atoms with E-state index in [1.807, 2.05) is 36.4 Å². The van der Waals surface area contributed by atoms with Crippen LogP contribution in [0.25, 0.3) is 0 Å². The molecule has 0 unspecified atom stereocenters. The van der Waals surface area contributed by atoms with E-state index in [0.29, 0.717) is 5.69 Å². The van der Waals surface area contributed by atoms with Crippen molar-refractivity contribution in [1.82, 2.24) is 9.80 Å². The van der Waals surface area contributed by atoms with E-state index < -0.39 is 16.3 Å². The topological polar surface area (TPSA) is 91.3 Å². The van der Waals surface area contributed by atoms with Gasteiger partial charge in [-0.1, -0.05) is 91.9 Å². The second-order valence-electron chi connectivity index (χ2n) is 11.9. The van der Waals surface area contributed by atoms with Gasteiger partial charge in [-0.15, -0.1) is 0 Å². The molecule has 2 N–H and O–H groups in total. The number of ether oxygens (including phenoxy) is 2. The number of hydrogen-bond donors (Lipinski definition) is 2. The van der Waals surface area contributed by atoms with Crippen LogP contribution in [0.3, 0.4) is 0 Å². The van der Waals surface area contributed by atoms with Gasteiger partial charge in [0, 0.05) is 56.4 Å². The zero-order chi connectivity index (χ0) is 31.2. The second kappa shape index (κ2) is 14.2. The van der Waals surface area contributed by atoms with Crippen molar-refractivity contribution < 1.29 is 23.0 Å². The van der Waals surface area contributed by atoms with Gasteiger partial charge in [-0.2, -0.15) is 0 Å². The Morgan fingerprint density at radius 3 is 1.98 bits per heavy atom. The molecule has 0 amide bonds. The standard InChI is InChI=1S/C36H41N3O5S/c1-27-34(25-39-22-20-38(21-23-39)24-28-8-4-2-5-9-28)43-36(44-35(27)30-14-12-29(26-40)13-15-30)31-16-18-32(19-17-31)37-45(41,42)33-10-6-3-7-11-33/h2-19,27,34-37,40H,20-26H2,1H3/t27-,34+,35+,36+/m1/s1. The summed E-state index contributed by atoms with van der Waals surface area (Å²) in [5, 5.41) is 9.56. The zero-order valence-electron chi connectivity index (χ0n) is 25.5. The second-order valence-corrected chi connectivity index (χ2v) is 13.6. The van der Waals surface area contributed by atoms with Crippen LogP contribution in [-0.4, -0.2) is 62.2 Å². The number of sulfonamides is 1. The van der Waals surface area contributed by atoms with Gasteiger partial charge in [0.05, 0.1) is 23.7 Å². The number of hydrogen-bond acceptors (Lipinski definition) is 7. The summed E-state index contributed by atoms with van der Waals surface area (Å²) >= 11 is 0. The third-order valence-corrected chi connectivity index (χ3v) is 10.2. The number of benzene rings is 4. The molecule has 4 aromatic rings. The van der Waals surface area contributed by atoms with Crippen LogP contribution >= 0.6 is 0 Å². The van der Waals surface area contributed by atoms with Crippen LogP contribution in [0.1, 0.15) is 41.6 Å². The Labute approximate surface area is 266 Å². The fraction of sp³-hybridized carbons (Fsp3) is 0.333. The van der Waals surface area contributed by atoms with Gasteiger partial charge in [0.1, 0.15) is 0 Å². The van der Waals surface area contributed by atoms with Crippen molar-refractivity contribution in [2.75, 3.05) is 37.4 Å². The highest BCUT2D eigenvalue weighted by molar-refractivity contribution is 7.92. The molecule has 6 rings (SSSR count). The van der Waals surface area contributed by atoms with Crippen molar-refractivity contribution in [2.45, 2.75) is 43.5 Å². The molecule has 2 aliphatic rings. The van der Waals surface area contributed by atoms with Crippen LogP contribution in [0, 0.1) is 5.92 Å². The summed E-state index contributed by atoms with van der Waals surface area (Å²) in [6.07, 6.45) is -0.909. The quantitative estimate of drug-likeness (QED) is 0.237. The molecule has 236 valence electrons. The maximum Gasteiger partial charge on any atom is 0.261 e. The molecular weight excluding hydrogens is 586 g/mol. The smallest absolute Gasteiger partial charge is 0.261 e. The van der Waals surface area contributed by atoms with Crippen LogP contribution in [0.4, 0.5) is 5.69 Å². The SMILES string of the molecule is C[C@@H]1[C@H](CN2CCN(Cc3ccccc3)CC2)O[C@H](c2ccc(NS(=O)(=O)c3ccccc3)cc2)O[C@@H]1c1ccc(CO)cc1. The van der Waals surface area contributed by atoms with Gasteiger partial charge in [-0.3, -0.25) is 14.5 Å². The van der Waals surface area contributed by atoms with Gasteiger partial charge in [0.2, 0.25) is 0 Å². The Bertz CT molecular complexity index is 1610. The van der Waals surface area contributed by atoms with Crippen LogP contribution in [0.2, 0.25) is 0 Å². The van der Waals surface area contributed by atoms with Gasteiger partial charge in [-0.05, 0) is 41.0 Å². The van der Waals surface area contributed by atoms with E-state index in [1.54, 1.807) is 42.5 Å². The third-order valence-electron chi connectivity index (χ3n) is 8.76. The molecule has 0 aliphatic carbocycles. The fourth-order valence-corrected chi connectivity index (χ4v) is 7.16. The van der Waals surface area contributed by atoms with Gasteiger partial charge in [0.25, 0.3) is 10.0 Å². The minimum Gasteiger partial charge on any atom is -0.392 e. The van der Waals surface area contributed by atoms with Crippen molar-refractivity contribution >= 4 is 15.7 Å². The zero-order valence-corrected chi connectivity index (χ0v) is 26.4. The van der Waals surface area contributed by atoms with E-state index in [2.05, 4.69) is 51.8 Å². The molecule has 9 heteroatoms. The lowest BCUT2D eigenvalue weighted by Gasteiger charge is -2.44. The maximum absolute atomic E-state index is 12.8. The highest BCUT2D eigenvalue weighted by Crippen LogP contribution is 2.42. The van der Waals surface area contributed by atoms with E-state index in [0.717, 1.165) is 56.0 Å². The van der Waals surface area contributed by atoms with Gasteiger partial charge in [0.15, 0.2) is 6.29 Å². The number of nitrogens with zero attached hydrogens (tertiary/aromatic N) is 2. The molecule has 8 nitrogen and oxygen atoms in total. The van der Waals surface area contributed by atoms with Crippen LogP contribution in [0.5, 0.6) is 0 Å². The fourth-order valence-electron chi connectivity index (χ4n) is 6.08. The first-order valence-corrected chi connectivity index (χ1v) is 17.0. The van der Waals surface area contributed by atoms with Crippen LogP contribution in [-0.2, 0) is 32.6 Å². The van der Waals surface area contributed by atoms with E-state index in [-0.39, 0.29) is 29.6 Å². The molecule has 0 aromatic heterocycles. The number of piperazine rings is 1. The predicted octanol–water partition coefficient (Wildman–Crippen LogP) is 5.59. The molecule has 0 radical (unpaired) electrons. The molecule has 4 atom stereocenters. The minimum absolute atomic E-state index is 0.00759. The van der Waals surface area contributed by atoms with Crippen molar-refractivity contribution in [3.63, 3.8) is 0 Å². The predicted molar refractivity (Wildman–Crippen MR) is 175 cm³/mol. The van der Waals surface area contributed by atoms with E-state index in [1.165, 1.54) is 5.56 Å². The summed E-state index contributed by atoms with van der Waals surface area (Å²) in [5.41, 5.74) is 4.52. The Morgan fingerprint density at radius 2 is 1.33 bits per heavy atom. The van der Waals surface area contributed by atoms with Crippen molar-refractivity contribution in [3.8, 4) is 0 Å². The summed E-state index contributed by atoms with van der Waals surface area (Å²) < 4.78 is 41.6. The lowest BCUT2D eigenvalue weighted by molar-refractivity contribution is -0.276. The molecule has 4 aromatic carbocycles. The highest BCUT2D eigenvalue weighted by atomic mass is 32.2. The van der Waals surface area contributed by atoms with Crippen molar-refractivity contribution in [1.29, 1.82) is 0 Å². The summed E-state index contributed by atoms with van der Waals surface area (Å²) in [5.74, 6) is 0.0838. The largest absolute Gasteiger partial charge is 0.392 e. The summed E-state index contributed by atoms with van der Waals surface area (Å²) in [4.78, 5) is 5.20. The first-order valence-electron chi connectivity index (χ1n) is 15.5. The summed E-state index contributed by atoms with van der Waals surface area (Å²) in [6, 6.07) is 34.0. The molecule has 2 saturated heterocycles. The molecule has 2 aliphatic heterocycles. The average molecular weight is 628 g/mol. The van der Waals surface area contributed by atoms with Crippen LogP contribution < -0.4 is 4.72 Å². The number of nitrogens with one attached hydrogen (secondary N) is 1. The molecule has 45 heavy (non-hydrogen) atoms. The number of rotatable bonds is 10. The van der Waals surface area contributed by atoms with Gasteiger partial charge < -0.3 is 14.6 Å². The van der Waals surface area contributed by atoms with E-state index >= 15 is 0 Å². The summed E-state index contributed by atoms with van der Waals surface area (Å²) in [7, 11) is -3.70. The Morgan fingerprint density at radius 1 is 0.733 bits per heavy atom. The van der Waals surface area contributed by atoms with Gasteiger partial charge >= 0.3 is 0 Å². The van der Waals surface area contributed by atoms with Crippen molar-refractivity contribution in [3.05, 3.63) is 131 Å². The minimum atomic E-state index is -3.70. The normalized spacial score (nSPS) is 23.1. The average Bonchev–Trinajstić information content (AvgIpc) is 3.08. The number of aliphatic hydroxyl groups is 1.